The van der Waals surface area contributed by atoms with E-state index in [1.807, 2.05) is 42.2 Å². The molecule has 0 bridgehead atoms. The summed E-state index contributed by atoms with van der Waals surface area (Å²) in [6.07, 6.45) is 4.47. The van der Waals surface area contributed by atoms with E-state index in [1.165, 1.54) is 11.3 Å². The summed E-state index contributed by atoms with van der Waals surface area (Å²) in [5.74, 6) is 0.117. The van der Waals surface area contributed by atoms with Gasteiger partial charge in [0.25, 0.3) is 0 Å². The second kappa shape index (κ2) is 10.8. The van der Waals surface area contributed by atoms with Crippen molar-refractivity contribution in [3.63, 3.8) is 0 Å². The van der Waals surface area contributed by atoms with Gasteiger partial charge in [0, 0.05) is 37.6 Å². The van der Waals surface area contributed by atoms with Crippen molar-refractivity contribution in [1.82, 2.24) is 25.3 Å². The number of carbonyl (C=O) groups is 2. The van der Waals surface area contributed by atoms with Crippen LogP contribution in [0.4, 0.5) is 15.9 Å². The summed E-state index contributed by atoms with van der Waals surface area (Å²) in [6, 6.07) is 9.30. The third kappa shape index (κ3) is 5.32. The Morgan fingerprint density at radius 1 is 1.15 bits per heavy atom. The monoisotopic (exact) mass is 547 g/mol. The van der Waals surface area contributed by atoms with Crippen LogP contribution in [0.25, 0.3) is 32.6 Å². The number of methoxy groups -OCH3 is 1. The number of amides is 2. The van der Waals surface area contributed by atoms with Crippen LogP contribution in [0.5, 0.6) is 5.88 Å². The normalized spacial score (nSPS) is 14.7. The molecule has 3 aromatic heterocycles. The van der Waals surface area contributed by atoms with E-state index in [1.54, 1.807) is 26.4 Å². The number of aromatic nitrogens is 4. The highest BCUT2D eigenvalue weighted by Gasteiger charge is 2.37. The Balaban J connectivity index is 1.53. The Morgan fingerprint density at radius 3 is 2.62 bits per heavy atom. The van der Waals surface area contributed by atoms with Gasteiger partial charge in [0.2, 0.25) is 11.8 Å². The number of benzene rings is 1. The van der Waals surface area contributed by atoms with Crippen molar-refractivity contribution in [2.75, 3.05) is 37.0 Å². The first-order chi connectivity index (χ1) is 18.8. The first-order valence-electron chi connectivity index (χ1n) is 12.6. The minimum Gasteiger partial charge on any atom is -0.481 e. The number of anilines is 2. The van der Waals surface area contributed by atoms with Gasteiger partial charge in [-0.15, -0.1) is 0 Å². The summed E-state index contributed by atoms with van der Waals surface area (Å²) in [6.45, 7) is 5.22. The van der Waals surface area contributed by atoms with Crippen molar-refractivity contribution < 1.29 is 19.4 Å². The fraction of sp³-hybridized carbons (Fsp3) is 0.333. The lowest BCUT2D eigenvalue weighted by molar-refractivity contribution is -0.149. The lowest BCUT2D eigenvalue weighted by Gasteiger charge is -2.36. The molecule has 0 radical (unpaired) electrons. The zero-order chi connectivity index (χ0) is 27.6. The van der Waals surface area contributed by atoms with E-state index in [2.05, 4.69) is 30.6 Å². The van der Waals surface area contributed by atoms with Gasteiger partial charge in [-0.25, -0.2) is 14.8 Å². The van der Waals surface area contributed by atoms with Crippen molar-refractivity contribution in [2.24, 2.45) is 5.41 Å². The molecule has 0 atom stereocenters. The van der Waals surface area contributed by atoms with Crippen LogP contribution < -0.4 is 20.3 Å². The Morgan fingerprint density at radius 2 is 1.95 bits per heavy atom. The van der Waals surface area contributed by atoms with Crippen molar-refractivity contribution in [2.45, 2.75) is 26.7 Å². The van der Waals surface area contributed by atoms with Crippen molar-refractivity contribution in [3.8, 4) is 28.3 Å². The quantitative estimate of drug-likeness (QED) is 0.301. The number of carboxylic acid groups (broad SMARTS) is 1. The molecule has 12 heteroatoms. The van der Waals surface area contributed by atoms with Gasteiger partial charge < -0.3 is 20.1 Å². The number of pyridine rings is 1. The van der Waals surface area contributed by atoms with Crippen LogP contribution in [-0.4, -0.2) is 63.8 Å². The van der Waals surface area contributed by atoms with Crippen LogP contribution in [0.1, 0.15) is 26.7 Å². The molecule has 0 aliphatic carbocycles. The van der Waals surface area contributed by atoms with E-state index in [-0.39, 0.29) is 6.03 Å². The second-order valence-corrected chi connectivity index (χ2v) is 10.5. The fourth-order valence-electron chi connectivity index (χ4n) is 4.53. The van der Waals surface area contributed by atoms with Crippen LogP contribution in [0.15, 0.2) is 42.7 Å². The third-order valence-corrected chi connectivity index (χ3v) is 7.92. The Labute approximate surface area is 229 Å². The molecule has 0 saturated carbocycles. The number of carboxylic acids is 1. The van der Waals surface area contributed by atoms with Gasteiger partial charge in [-0.2, -0.15) is 4.98 Å². The van der Waals surface area contributed by atoms with E-state index >= 15 is 0 Å². The zero-order valence-electron chi connectivity index (χ0n) is 21.9. The highest BCUT2D eigenvalue weighted by Crippen LogP contribution is 2.40. The molecule has 39 heavy (non-hydrogen) atoms. The number of hydrogen-bond acceptors (Lipinski definition) is 9. The Bertz CT molecular complexity index is 1520. The maximum absolute atomic E-state index is 12.1. The number of piperidine rings is 1. The van der Waals surface area contributed by atoms with Crippen LogP contribution in [0.3, 0.4) is 0 Å². The van der Waals surface area contributed by atoms with Crippen molar-refractivity contribution in [3.05, 3.63) is 42.7 Å². The molecule has 0 spiro atoms. The smallest absolute Gasteiger partial charge is 0.321 e. The summed E-state index contributed by atoms with van der Waals surface area (Å²) in [4.78, 5) is 44.2. The minimum absolute atomic E-state index is 0.316. The average Bonchev–Trinajstić information content (AvgIpc) is 3.35. The van der Waals surface area contributed by atoms with Gasteiger partial charge in [0.05, 0.1) is 34.0 Å². The number of thiazole rings is 1. The van der Waals surface area contributed by atoms with Gasteiger partial charge in [-0.1, -0.05) is 17.4 Å². The van der Waals surface area contributed by atoms with Gasteiger partial charge in [0.1, 0.15) is 0 Å². The third-order valence-electron chi connectivity index (χ3n) is 6.90. The molecule has 2 amide bonds. The predicted molar refractivity (Wildman–Crippen MR) is 150 cm³/mol. The molecule has 1 aromatic carbocycles. The molecule has 5 rings (SSSR count). The number of aliphatic carboxylic acids is 1. The first-order valence-corrected chi connectivity index (χ1v) is 13.4. The minimum atomic E-state index is -0.776. The number of hydrogen-bond donors (Lipinski definition) is 3. The van der Waals surface area contributed by atoms with Crippen LogP contribution in [-0.2, 0) is 4.79 Å². The van der Waals surface area contributed by atoms with Gasteiger partial charge in [0.15, 0.2) is 5.13 Å². The average molecular weight is 548 g/mol. The molecular formula is C27H29N7O4S. The molecule has 4 aromatic rings. The lowest BCUT2D eigenvalue weighted by Crippen LogP contribution is -2.43. The molecule has 1 aliphatic rings. The number of carbonyl (C=O) groups excluding carboxylic acids is 1. The largest absolute Gasteiger partial charge is 0.481 e. The van der Waals surface area contributed by atoms with E-state index in [0.717, 1.165) is 21.5 Å². The Hall–Kier alpha value is -4.32. The van der Waals surface area contributed by atoms with Crippen LogP contribution in [0, 0.1) is 5.41 Å². The molecule has 202 valence electrons. The molecule has 1 fully saturated rings. The summed E-state index contributed by atoms with van der Waals surface area (Å²) in [5, 5.41) is 15.5. The van der Waals surface area contributed by atoms with E-state index in [4.69, 9.17) is 4.74 Å². The lowest BCUT2D eigenvalue weighted by atomic mass is 9.80. The first kappa shape index (κ1) is 26.3. The molecule has 4 heterocycles. The van der Waals surface area contributed by atoms with Crippen LogP contribution >= 0.6 is 11.3 Å². The molecular weight excluding hydrogens is 518 g/mol. The van der Waals surface area contributed by atoms with E-state index in [9.17, 15) is 14.7 Å². The molecule has 0 unspecified atom stereocenters. The SMILES string of the molecule is CCNC(=O)Nc1nc2cc(-c3cnc(N4CCC(C)(C(=O)O)CC4)nc3OC)cc(-c3ccccn3)c2s1. The number of nitrogens with one attached hydrogen (secondary N) is 2. The number of urea groups is 1. The summed E-state index contributed by atoms with van der Waals surface area (Å²) < 4.78 is 6.57. The van der Waals surface area contributed by atoms with Gasteiger partial charge in [-0.3, -0.25) is 15.1 Å². The van der Waals surface area contributed by atoms with Crippen molar-refractivity contribution >= 4 is 44.6 Å². The van der Waals surface area contributed by atoms with Gasteiger partial charge >= 0.3 is 12.0 Å². The molecule has 11 nitrogen and oxygen atoms in total. The standard InChI is InChI=1S/C27H29N7O4S/c1-4-28-25(37)33-26-31-20-14-16(13-17(21(20)39-26)19-7-5-6-10-29-19)18-15-30-24(32-22(18)38-3)34-11-8-27(2,9-12-34)23(35)36/h5-7,10,13-15H,4,8-9,11-12H2,1-3H3,(H,35,36)(H2,28,31,33,37). The van der Waals surface area contributed by atoms with E-state index in [0.29, 0.717) is 60.5 Å². The summed E-state index contributed by atoms with van der Waals surface area (Å²) in [7, 11) is 1.56. The number of rotatable bonds is 7. The summed E-state index contributed by atoms with van der Waals surface area (Å²) >= 11 is 1.38. The predicted octanol–water partition coefficient (Wildman–Crippen LogP) is 4.66. The highest BCUT2D eigenvalue weighted by atomic mass is 32.1. The maximum atomic E-state index is 12.1. The van der Waals surface area contributed by atoms with Gasteiger partial charge in [-0.05, 0) is 56.5 Å². The number of fused-ring (bicyclic) bond motifs is 1. The number of nitrogens with zero attached hydrogens (tertiary/aromatic N) is 5. The number of ether oxygens (including phenoxy) is 1. The maximum Gasteiger partial charge on any atom is 0.321 e. The second-order valence-electron chi connectivity index (χ2n) is 9.54. The summed E-state index contributed by atoms with van der Waals surface area (Å²) in [5.41, 5.74) is 3.05. The topological polar surface area (TPSA) is 142 Å². The Kier molecular flexibility index (Phi) is 7.29. The van der Waals surface area contributed by atoms with E-state index < -0.39 is 11.4 Å². The molecule has 1 aliphatic heterocycles. The van der Waals surface area contributed by atoms with Crippen molar-refractivity contribution in [1.29, 1.82) is 0 Å². The fourth-order valence-corrected chi connectivity index (χ4v) is 5.50. The molecule has 1 saturated heterocycles. The van der Waals surface area contributed by atoms with Crippen LogP contribution in [0.2, 0.25) is 0 Å². The molecule has 3 N–H and O–H groups in total. The highest BCUT2D eigenvalue weighted by molar-refractivity contribution is 7.22. The zero-order valence-corrected chi connectivity index (χ0v) is 22.7.